The molecule has 0 aliphatic carbocycles. The monoisotopic (exact) mass is 672 g/mol. The highest BCUT2D eigenvalue weighted by Gasteiger charge is 2.46. The maximum Gasteiger partial charge on any atom is 0.300 e. The molecule has 6 rings (SSSR count). The smallest absolute Gasteiger partial charge is 0.300 e. The van der Waals surface area contributed by atoms with Gasteiger partial charge in [0, 0.05) is 39.6 Å². The Balaban J connectivity index is 0.000000606. The molecule has 1 saturated heterocycles. The van der Waals surface area contributed by atoms with E-state index in [-0.39, 0.29) is 11.7 Å². The van der Waals surface area contributed by atoms with Gasteiger partial charge in [-0.1, -0.05) is 136 Å². The summed E-state index contributed by atoms with van der Waals surface area (Å²) in [6.45, 7) is 8.09. The predicted molar refractivity (Wildman–Crippen MR) is 214 cm³/mol. The van der Waals surface area contributed by atoms with Gasteiger partial charge in [0.1, 0.15) is 0 Å². The molecule has 0 radical (unpaired) electrons. The summed E-state index contributed by atoms with van der Waals surface area (Å²) in [6, 6.07) is 49.4. The summed E-state index contributed by atoms with van der Waals surface area (Å²) in [7, 11) is 7.30. The van der Waals surface area contributed by atoms with E-state index in [1.807, 2.05) is 12.1 Å². The number of anilines is 2. The van der Waals surface area contributed by atoms with Crippen molar-refractivity contribution >= 4 is 42.1 Å². The molecular weight excluding hydrogens is 620 g/mol. The fraction of sp³-hybridized carbons (Fsp3) is 0.286. The summed E-state index contributed by atoms with van der Waals surface area (Å²) in [5.41, 5.74) is 6.72. The molecule has 5 aromatic rings. The molecule has 0 aromatic heterocycles. The second kappa shape index (κ2) is 17.1. The highest BCUT2D eigenvalue weighted by molar-refractivity contribution is 7.66. The summed E-state index contributed by atoms with van der Waals surface area (Å²) in [5, 5.41) is 1.25. The lowest BCUT2D eigenvalue weighted by Crippen LogP contribution is -2.65. The van der Waals surface area contributed by atoms with Crippen molar-refractivity contribution < 1.29 is 9.31 Å². The van der Waals surface area contributed by atoms with Crippen LogP contribution in [0.25, 0.3) is 0 Å². The number of benzene rings is 5. The van der Waals surface area contributed by atoms with Crippen LogP contribution in [0, 0.1) is 0 Å². The van der Waals surface area contributed by atoms with Crippen LogP contribution in [0.15, 0.2) is 140 Å². The molecule has 0 N–H and O–H groups in total. The Morgan fingerprint density at radius 3 is 1.14 bits per heavy atom. The highest BCUT2D eigenvalue weighted by atomic mass is 31.1. The zero-order chi connectivity index (χ0) is 34.8. The Hall–Kier alpha value is -3.93. The third-order valence-electron chi connectivity index (χ3n) is 9.41. The number of hydrogen-bond acceptors (Lipinski definition) is 5. The van der Waals surface area contributed by atoms with Gasteiger partial charge in [-0.25, -0.2) is 0 Å². The van der Waals surface area contributed by atoms with E-state index in [4.69, 9.17) is 9.31 Å². The molecule has 1 heterocycles. The lowest BCUT2D eigenvalue weighted by molar-refractivity contribution is 0.134. The first kappa shape index (κ1) is 36.4. The van der Waals surface area contributed by atoms with E-state index in [2.05, 4.69) is 191 Å². The van der Waals surface area contributed by atoms with Crippen LogP contribution in [-0.4, -0.2) is 59.3 Å². The van der Waals surface area contributed by atoms with Crippen molar-refractivity contribution in [3.63, 3.8) is 0 Å². The van der Waals surface area contributed by atoms with Crippen LogP contribution in [0.4, 0.5) is 11.4 Å². The molecule has 1 aliphatic rings. The van der Waals surface area contributed by atoms with Gasteiger partial charge in [0.25, 0.3) is 6.55 Å². The predicted octanol–water partition coefficient (Wildman–Crippen LogP) is 7.97. The number of rotatable bonds is 10. The van der Waals surface area contributed by atoms with Crippen molar-refractivity contribution in [1.29, 1.82) is 0 Å². The molecular formula is C42H52BN3O2P-. The van der Waals surface area contributed by atoms with E-state index in [0.717, 1.165) is 33.4 Å². The average molecular weight is 673 g/mol. The molecule has 0 saturated carbocycles. The van der Waals surface area contributed by atoms with Crippen LogP contribution in [0.3, 0.4) is 0 Å². The molecule has 2 atom stereocenters. The Morgan fingerprint density at radius 2 is 0.837 bits per heavy atom. The molecule has 2 unspecified atom stereocenters. The normalized spacial score (nSPS) is 18.3. The first-order valence-corrected chi connectivity index (χ1v) is 19.0. The molecule has 5 nitrogen and oxygen atoms in total. The van der Waals surface area contributed by atoms with Gasteiger partial charge in [0.15, 0.2) is 0 Å². The van der Waals surface area contributed by atoms with E-state index in [1.54, 1.807) is 0 Å². The third-order valence-corrected chi connectivity index (χ3v) is 12.2. The minimum absolute atomic E-state index is 0.203. The summed E-state index contributed by atoms with van der Waals surface area (Å²) >= 11 is 0. The first-order chi connectivity index (χ1) is 23.8. The second-order valence-corrected chi connectivity index (χ2v) is 15.1. The minimum atomic E-state index is -2.04. The van der Waals surface area contributed by atoms with E-state index in [0.29, 0.717) is 0 Å². The zero-order valence-electron chi connectivity index (χ0n) is 30.2. The van der Waals surface area contributed by atoms with Crippen molar-refractivity contribution in [1.82, 2.24) is 4.90 Å². The third kappa shape index (κ3) is 8.45. The van der Waals surface area contributed by atoms with Crippen LogP contribution in [0.5, 0.6) is 0 Å². The van der Waals surface area contributed by atoms with Gasteiger partial charge in [-0.2, -0.15) is 0 Å². The minimum Gasteiger partial charge on any atom is -0.551 e. The summed E-state index contributed by atoms with van der Waals surface area (Å²) in [6.07, 6.45) is 0. The fourth-order valence-electron chi connectivity index (χ4n) is 6.46. The molecule has 5 aromatic carbocycles. The van der Waals surface area contributed by atoms with Crippen LogP contribution < -0.4 is 26.0 Å². The van der Waals surface area contributed by atoms with E-state index < -0.39 is 14.5 Å². The number of nitrogens with zero attached hydrogens (tertiary/aromatic N) is 3. The van der Waals surface area contributed by atoms with Gasteiger partial charge in [0.05, 0.1) is 11.7 Å². The Bertz CT molecular complexity index is 1580. The topological polar surface area (TPSA) is 28.2 Å². The van der Waals surface area contributed by atoms with E-state index in [9.17, 15) is 0 Å². The van der Waals surface area contributed by atoms with Crippen molar-refractivity contribution in [2.24, 2.45) is 0 Å². The van der Waals surface area contributed by atoms with Gasteiger partial charge >= 0.3 is 0 Å². The Kier molecular flexibility index (Phi) is 12.7. The van der Waals surface area contributed by atoms with Crippen LogP contribution in [0.1, 0.15) is 43.6 Å². The number of hydrogen-bond donors (Lipinski definition) is 0. The highest BCUT2D eigenvalue weighted by Crippen LogP contribution is 2.65. The molecule has 49 heavy (non-hydrogen) atoms. The van der Waals surface area contributed by atoms with Crippen LogP contribution in [0.2, 0.25) is 0 Å². The molecule has 0 spiro atoms. The molecule has 7 heteroatoms. The largest absolute Gasteiger partial charge is 0.551 e. The van der Waals surface area contributed by atoms with Gasteiger partial charge in [-0.3, -0.25) is 0 Å². The van der Waals surface area contributed by atoms with E-state index in [1.165, 1.54) is 24.9 Å². The van der Waals surface area contributed by atoms with Gasteiger partial charge in [-0.15, -0.1) is 10.9 Å². The maximum atomic E-state index is 7.46. The van der Waals surface area contributed by atoms with Crippen LogP contribution >= 0.6 is 7.92 Å². The summed E-state index contributed by atoms with van der Waals surface area (Å²) in [5.74, 6) is -0.405. The van der Waals surface area contributed by atoms with Crippen molar-refractivity contribution in [3.8, 4) is 0 Å². The summed E-state index contributed by atoms with van der Waals surface area (Å²) in [4.78, 5) is 6.64. The standard InChI is InChI=1S/C36H37BN2O2P.C6H15N/c1-38(2)32-24-20-28(21-25-32)35-40-37(30-14-8-5-9-15-30,31-16-10-6-11-17-31)41-36(42(35)34-18-12-7-13-19-34)29-22-26-33(27-23-29)39(3)4;1-4-7(5-2)6-3/h5-27,35-36H,1-4H3;4-6H2,1-3H3/q-1;. The average Bonchev–Trinajstić information content (AvgIpc) is 3.16. The van der Waals surface area contributed by atoms with Crippen LogP contribution in [-0.2, 0) is 9.31 Å². The van der Waals surface area contributed by atoms with Crippen molar-refractivity contribution in [2.45, 2.75) is 32.5 Å². The zero-order valence-corrected chi connectivity index (χ0v) is 31.1. The Labute approximate surface area is 296 Å². The molecule has 0 amide bonds. The maximum absolute atomic E-state index is 7.46. The fourth-order valence-corrected chi connectivity index (χ4v) is 9.36. The molecule has 1 fully saturated rings. The lowest BCUT2D eigenvalue weighted by Gasteiger charge is -2.57. The quantitative estimate of drug-likeness (QED) is 0.111. The van der Waals surface area contributed by atoms with Gasteiger partial charge in [-0.05, 0) is 68.3 Å². The SMILES string of the molecule is CCN(CC)CC.CN(C)c1ccc(C2O[B-](c3ccccc3)(c3ccccc3)OC(c3ccc(N(C)C)cc3)P2c2ccccc2)cc1. The van der Waals surface area contributed by atoms with E-state index >= 15 is 0 Å². The molecule has 1 aliphatic heterocycles. The molecule has 256 valence electrons. The van der Waals surface area contributed by atoms with Crippen molar-refractivity contribution in [2.75, 3.05) is 57.6 Å². The van der Waals surface area contributed by atoms with Crippen molar-refractivity contribution in [3.05, 3.63) is 151 Å². The lowest BCUT2D eigenvalue weighted by atomic mass is 9.46. The first-order valence-electron chi connectivity index (χ1n) is 17.5. The summed E-state index contributed by atoms with van der Waals surface area (Å²) < 4.78 is 14.9. The Morgan fingerprint density at radius 1 is 0.490 bits per heavy atom. The van der Waals surface area contributed by atoms with Gasteiger partial charge < -0.3 is 24.0 Å². The molecule has 0 bridgehead atoms. The second-order valence-electron chi connectivity index (χ2n) is 12.8. The van der Waals surface area contributed by atoms with Gasteiger partial charge in [0.2, 0.25) is 0 Å².